The summed E-state index contributed by atoms with van der Waals surface area (Å²) in [6.45, 7) is 4.15. The monoisotopic (exact) mass is 488 g/mol. The number of pyridine rings is 1. The predicted molar refractivity (Wildman–Crippen MR) is 131 cm³/mol. The highest BCUT2D eigenvalue weighted by Gasteiger charge is 2.28. The molecule has 34 heavy (non-hydrogen) atoms. The molecule has 2 aromatic rings. The molecule has 0 bridgehead atoms. The molecule has 1 unspecified atom stereocenters. The molecule has 1 amide bonds. The van der Waals surface area contributed by atoms with Crippen LogP contribution in [0.25, 0.3) is 11.0 Å². The zero-order valence-corrected chi connectivity index (χ0v) is 19.7. The Morgan fingerprint density at radius 3 is 2.82 bits per heavy atom. The van der Waals surface area contributed by atoms with Gasteiger partial charge in [-0.15, -0.1) is 0 Å². The molecule has 5 N–H and O–H groups in total. The van der Waals surface area contributed by atoms with Crippen molar-refractivity contribution in [2.24, 2.45) is 10.7 Å². The van der Waals surface area contributed by atoms with Crippen molar-refractivity contribution in [2.45, 2.75) is 63.1 Å². The first-order chi connectivity index (χ1) is 16.4. The Hall–Kier alpha value is -2.91. The summed E-state index contributed by atoms with van der Waals surface area (Å²) in [5.74, 6) is -0.553. The first kappa shape index (κ1) is 24.2. The molecule has 0 aromatic carbocycles. The average Bonchev–Trinajstić information content (AvgIpc) is 3.27. The number of aliphatic imine (C=N–C) groups is 1. The smallest absolute Gasteiger partial charge is 0.249 e. The maximum absolute atomic E-state index is 14.7. The fourth-order valence-corrected chi connectivity index (χ4v) is 4.67. The SMILES string of the molecule is C=C/C(F)=C(\N=C(N)c1c[nH]c2ncc(Cl)cc12)N[C@H]1CCC[C@@H](NC(=O)C2CCCCO2)C1. The number of nitrogens with zero attached hydrogens (tertiary/aromatic N) is 2. The van der Waals surface area contributed by atoms with E-state index < -0.39 is 5.83 Å². The zero-order valence-electron chi connectivity index (χ0n) is 18.9. The Bertz CT molecular complexity index is 1110. The van der Waals surface area contributed by atoms with Crippen molar-refractivity contribution in [1.82, 2.24) is 20.6 Å². The second-order valence-corrected chi connectivity index (χ2v) is 9.15. The van der Waals surface area contributed by atoms with Crippen molar-refractivity contribution in [2.75, 3.05) is 6.61 Å². The van der Waals surface area contributed by atoms with E-state index in [0.717, 1.165) is 44.6 Å². The Kier molecular flexibility index (Phi) is 7.84. The van der Waals surface area contributed by atoms with Gasteiger partial charge in [-0.1, -0.05) is 18.2 Å². The molecule has 0 radical (unpaired) electrons. The van der Waals surface area contributed by atoms with Crippen LogP contribution in [0.1, 0.15) is 50.5 Å². The maximum atomic E-state index is 14.7. The lowest BCUT2D eigenvalue weighted by atomic mass is 9.90. The van der Waals surface area contributed by atoms with Crippen LogP contribution in [-0.4, -0.2) is 46.5 Å². The van der Waals surface area contributed by atoms with Crippen LogP contribution in [0.4, 0.5) is 4.39 Å². The van der Waals surface area contributed by atoms with Gasteiger partial charge >= 0.3 is 0 Å². The van der Waals surface area contributed by atoms with Crippen LogP contribution in [-0.2, 0) is 9.53 Å². The number of rotatable bonds is 7. The number of H-pyrrole nitrogens is 1. The van der Waals surface area contributed by atoms with Crippen molar-refractivity contribution in [3.05, 3.63) is 53.3 Å². The van der Waals surface area contributed by atoms with E-state index in [4.69, 9.17) is 22.1 Å². The molecule has 8 nitrogen and oxygen atoms in total. The normalized spacial score (nSPS) is 24.4. The van der Waals surface area contributed by atoms with Gasteiger partial charge in [0, 0.05) is 42.0 Å². The molecule has 3 atom stereocenters. The molecule has 10 heteroatoms. The molecule has 0 spiro atoms. The predicted octanol–water partition coefficient (Wildman–Crippen LogP) is 3.83. The number of ether oxygens (including phenoxy) is 1. The van der Waals surface area contributed by atoms with Gasteiger partial charge in [-0.2, -0.15) is 0 Å². The van der Waals surface area contributed by atoms with Gasteiger partial charge in [0.15, 0.2) is 11.6 Å². The Morgan fingerprint density at radius 1 is 1.29 bits per heavy atom. The summed E-state index contributed by atoms with van der Waals surface area (Å²) in [5.41, 5.74) is 7.42. The molecular formula is C24H30ClFN6O2. The number of fused-ring (bicyclic) bond motifs is 1. The molecular weight excluding hydrogens is 459 g/mol. The number of aromatic nitrogens is 2. The highest BCUT2D eigenvalue weighted by molar-refractivity contribution is 6.31. The number of aromatic amines is 1. The van der Waals surface area contributed by atoms with Crippen LogP contribution < -0.4 is 16.4 Å². The van der Waals surface area contributed by atoms with Gasteiger partial charge in [0.25, 0.3) is 0 Å². The topological polar surface area (TPSA) is 117 Å². The third-order valence-electron chi connectivity index (χ3n) is 6.24. The van der Waals surface area contributed by atoms with E-state index in [1.807, 2.05) is 0 Å². The van der Waals surface area contributed by atoms with E-state index in [-0.39, 0.29) is 35.8 Å². The summed E-state index contributed by atoms with van der Waals surface area (Å²) < 4.78 is 20.3. The molecule has 2 aliphatic rings. The Balaban J connectivity index is 1.46. The number of nitrogens with two attached hydrogens (primary N) is 1. The Labute approximate surface area is 202 Å². The number of carbonyl (C=O) groups is 1. The number of halogens is 2. The van der Waals surface area contributed by atoms with Crippen molar-refractivity contribution >= 4 is 34.4 Å². The summed E-state index contributed by atoms with van der Waals surface area (Å²) in [6, 6.07) is 1.63. The highest BCUT2D eigenvalue weighted by Crippen LogP contribution is 2.24. The summed E-state index contributed by atoms with van der Waals surface area (Å²) in [6.07, 6.45) is 9.88. The minimum absolute atomic E-state index is 0.00410. The molecule has 1 aliphatic heterocycles. The number of allylic oxidation sites excluding steroid dienone is 2. The van der Waals surface area contributed by atoms with Crippen LogP contribution in [0, 0.1) is 0 Å². The van der Waals surface area contributed by atoms with E-state index >= 15 is 0 Å². The molecule has 3 heterocycles. The number of carbonyl (C=O) groups excluding carboxylic acids is 1. The maximum Gasteiger partial charge on any atom is 0.249 e. The van der Waals surface area contributed by atoms with Crippen LogP contribution in [0.15, 0.2) is 47.8 Å². The first-order valence-electron chi connectivity index (χ1n) is 11.6. The minimum Gasteiger partial charge on any atom is -0.383 e. The summed E-state index contributed by atoms with van der Waals surface area (Å²) in [4.78, 5) is 24.1. The summed E-state index contributed by atoms with van der Waals surface area (Å²) in [7, 11) is 0. The Morgan fingerprint density at radius 2 is 2.09 bits per heavy atom. The van der Waals surface area contributed by atoms with E-state index in [9.17, 15) is 9.18 Å². The second-order valence-electron chi connectivity index (χ2n) is 8.72. The molecule has 1 aliphatic carbocycles. The van der Waals surface area contributed by atoms with Crippen LogP contribution >= 0.6 is 11.6 Å². The summed E-state index contributed by atoms with van der Waals surface area (Å²) in [5, 5.41) is 7.43. The molecule has 182 valence electrons. The average molecular weight is 489 g/mol. The van der Waals surface area contributed by atoms with Crippen molar-refractivity contribution in [3.8, 4) is 0 Å². The third kappa shape index (κ3) is 5.77. The van der Waals surface area contributed by atoms with E-state index in [0.29, 0.717) is 34.6 Å². The number of hydrogen-bond acceptors (Lipinski definition) is 5. The molecule has 1 saturated carbocycles. The van der Waals surface area contributed by atoms with E-state index in [1.54, 1.807) is 12.3 Å². The third-order valence-corrected chi connectivity index (χ3v) is 6.45. The van der Waals surface area contributed by atoms with Crippen molar-refractivity contribution in [1.29, 1.82) is 0 Å². The lowest BCUT2D eigenvalue weighted by Gasteiger charge is -2.32. The highest BCUT2D eigenvalue weighted by atomic mass is 35.5. The largest absolute Gasteiger partial charge is 0.383 e. The lowest BCUT2D eigenvalue weighted by molar-refractivity contribution is -0.136. The molecule has 4 rings (SSSR count). The standard InChI is InChI=1S/C24H30ClFN6O2/c1-2-19(26)23(32-21(27)18-13-29-22-17(18)10-14(25)12-28-22)30-15-6-5-7-16(11-15)31-24(33)20-8-3-4-9-34-20/h2,10,12-13,15-16,20,30H,1,3-9,11H2,(H2,27,32)(H,28,29)(H,31,33)/b23-19+/t15-,16+,20?/m0/s1. The second kappa shape index (κ2) is 11.0. The minimum atomic E-state index is -0.610. The summed E-state index contributed by atoms with van der Waals surface area (Å²) >= 11 is 6.07. The molecule has 2 aromatic heterocycles. The quantitative estimate of drug-likeness (QED) is 0.268. The van der Waals surface area contributed by atoms with Gasteiger partial charge < -0.3 is 26.1 Å². The van der Waals surface area contributed by atoms with Crippen molar-refractivity contribution in [3.63, 3.8) is 0 Å². The zero-order chi connectivity index (χ0) is 24.1. The van der Waals surface area contributed by atoms with Crippen LogP contribution in [0.3, 0.4) is 0 Å². The van der Waals surface area contributed by atoms with Crippen LogP contribution in [0.5, 0.6) is 0 Å². The fraction of sp³-hybridized carbons (Fsp3) is 0.458. The van der Waals surface area contributed by atoms with E-state index in [1.165, 1.54) is 6.20 Å². The van der Waals surface area contributed by atoms with E-state index in [2.05, 4.69) is 32.2 Å². The number of amides is 1. The molecule has 2 fully saturated rings. The number of nitrogens with one attached hydrogen (secondary N) is 3. The fourth-order valence-electron chi connectivity index (χ4n) is 4.51. The van der Waals surface area contributed by atoms with Gasteiger partial charge in [0.2, 0.25) is 5.91 Å². The van der Waals surface area contributed by atoms with Gasteiger partial charge in [0.1, 0.15) is 17.6 Å². The first-order valence-corrected chi connectivity index (χ1v) is 12.0. The van der Waals surface area contributed by atoms with Gasteiger partial charge in [-0.3, -0.25) is 4.79 Å². The van der Waals surface area contributed by atoms with Gasteiger partial charge in [0.05, 0.1) is 5.02 Å². The van der Waals surface area contributed by atoms with Gasteiger partial charge in [-0.25, -0.2) is 14.4 Å². The number of amidine groups is 1. The van der Waals surface area contributed by atoms with Crippen molar-refractivity contribution < 1.29 is 13.9 Å². The van der Waals surface area contributed by atoms with Gasteiger partial charge in [-0.05, 0) is 57.1 Å². The van der Waals surface area contributed by atoms with Crippen LogP contribution in [0.2, 0.25) is 5.02 Å². The number of hydrogen-bond donors (Lipinski definition) is 4. The lowest BCUT2D eigenvalue weighted by Crippen LogP contribution is -2.48. The molecule has 1 saturated heterocycles.